The van der Waals surface area contributed by atoms with Gasteiger partial charge in [0, 0.05) is 36.8 Å². The van der Waals surface area contributed by atoms with Crippen molar-refractivity contribution < 1.29 is 18.3 Å². The topological polar surface area (TPSA) is 69.0 Å². The molecule has 0 aliphatic carbocycles. The van der Waals surface area contributed by atoms with Crippen molar-refractivity contribution in [3.8, 4) is 11.3 Å². The number of anilines is 1. The molecule has 1 fully saturated rings. The van der Waals surface area contributed by atoms with E-state index in [-0.39, 0.29) is 28.2 Å². The van der Waals surface area contributed by atoms with Gasteiger partial charge in [0.2, 0.25) is 0 Å². The van der Waals surface area contributed by atoms with E-state index < -0.39 is 17.7 Å². The second kappa shape index (κ2) is 7.53. The Kier molecular flexibility index (Phi) is 4.95. The molecule has 3 aromatic rings. The van der Waals surface area contributed by atoms with E-state index in [0.717, 1.165) is 17.8 Å². The Labute approximate surface area is 157 Å². The summed E-state index contributed by atoms with van der Waals surface area (Å²) in [7, 11) is 0. The fraction of sp³-hybridized carbons (Fsp3) is 0.278. The molecule has 6 nitrogen and oxygen atoms in total. The molecule has 1 saturated heterocycles. The maximum atomic E-state index is 13.9. The lowest BCUT2D eigenvalue weighted by molar-refractivity contribution is -0.126. The monoisotopic (exact) mass is 390 g/mol. The van der Waals surface area contributed by atoms with Crippen LogP contribution in [0.5, 0.6) is 0 Å². The van der Waals surface area contributed by atoms with Gasteiger partial charge in [0.15, 0.2) is 5.13 Å². The molecule has 9 heteroatoms. The van der Waals surface area contributed by atoms with Crippen molar-refractivity contribution in [2.75, 3.05) is 11.9 Å². The lowest BCUT2D eigenvalue weighted by Gasteiger charge is -2.17. The number of aromatic nitrogens is 3. The number of ether oxygens (including phenoxy) is 1. The largest absolute Gasteiger partial charge is 0.368 e. The standard InChI is InChI=1S/C18H16F2N4O2S/c19-12-2-1-3-13(20)15(12)14-9-27-18(22-14)23-17(25)16-11(4-7-26-16)8-24-6-5-21-10-24/h1-3,5-6,9-11,16H,4,7-8H2,(H,22,23,25)/t11-,16-/m1/s1. The summed E-state index contributed by atoms with van der Waals surface area (Å²) >= 11 is 1.11. The van der Waals surface area contributed by atoms with Crippen LogP contribution in [-0.2, 0) is 16.1 Å². The number of rotatable bonds is 5. The molecule has 2 aromatic heterocycles. The van der Waals surface area contributed by atoms with E-state index in [1.807, 2.05) is 10.8 Å². The predicted molar refractivity (Wildman–Crippen MR) is 96.2 cm³/mol. The average Bonchev–Trinajstić information content (AvgIpc) is 3.37. The summed E-state index contributed by atoms with van der Waals surface area (Å²) in [4.78, 5) is 20.7. The number of nitrogens with one attached hydrogen (secondary N) is 1. The maximum absolute atomic E-state index is 13.9. The molecular formula is C18H16F2N4O2S. The molecule has 1 aliphatic heterocycles. The molecule has 1 N–H and O–H groups in total. The van der Waals surface area contributed by atoms with Gasteiger partial charge in [-0.15, -0.1) is 11.3 Å². The number of imidazole rings is 1. The quantitative estimate of drug-likeness (QED) is 0.726. The van der Waals surface area contributed by atoms with Crippen molar-refractivity contribution in [2.45, 2.75) is 19.1 Å². The minimum absolute atomic E-state index is 0.0163. The zero-order valence-corrected chi connectivity index (χ0v) is 15.0. The molecule has 0 spiro atoms. The zero-order valence-electron chi connectivity index (χ0n) is 14.1. The smallest absolute Gasteiger partial charge is 0.255 e. The van der Waals surface area contributed by atoms with Crippen molar-refractivity contribution in [3.05, 3.63) is 53.9 Å². The Morgan fingerprint density at radius 3 is 2.93 bits per heavy atom. The highest BCUT2D eigenvalue weighted by molar-refractivity contribution is 7.14. The van der Waals surface area contributed by atoms with Gasteiger partial charge in [-0.3, -0.25) is 10.1 Å². The van der Waals surface area contributed by atoms with Gasteiger partial charge in [-0.1, -0.05) is 6.07 Å². The zero-order chi connectivity index (χ0) is 18.8. The van der Waals surface area contributed by atoms with Crippen molar-refractivity contribution in [2.24, 2.45) is 5.92 Å². The number of carbonyl (C=O) groups excluding carboxylic acids is 1. The number of hydrogen-bond acceptors (Lipinski definition) is 5. The van der Waals surface area contributed by atoms with E-state index >= 15 is 0 Å². The van der Waals surface area contributed by atoms with Gasteiger partial charge >= 0.3 is 0 Å². The van der Waals surface area contributed by atoms with Crippen LogP contribution in [0, 0.1) is 17.6 Å². The first-order chi connectivity index (χ1) is 13.1. The molecule has 0 saturated carbocycles. The van der Waals surface area contributed by atoms with Crippen LogP contribution >= 0.6 is 11.3 Å². The normalized spacial score (nSPS) is 19.3. The first-order valence-corrected chi connectivity index (χ1v) is 9.28. The Hall–Kier alpha value is -2.65. The summed E-state index contributed by atoms with van der Waals surface area (Å²) in [5.74, 6) is -1.69. The van der Waals surface area contributed by atoms with Crippen LogP contribution in [0.4, 0.5) is 13.9 Å². The van der Waals surface area contributed by atoms with Gasteiger partial charge in [0.1, 0.15) is 17.7 Å². The van der Waals surface area contributed by atoms with Crippen molar-refractivity contribution in [1.29, 1.82) is 0 Å². The summed E-state index contributed by atoms with van der Waals surface area (Å²) in [6.45, 7) is 1.13. The van der Waals surface area contributed by atoms with Gasteiger partial charge in [-0.05, 0) is 18.6 Å². The molecule has 1 amide bonds. The SMILES string of the molecule is O=C(Nc1nc(-c2c(F)cccc2F)cs1)[C@@H]1OCC[C@@H]1Cn1ccnc1. The highest BCUT2D eigenvalue weighted by Crippen LogP contribution is 2.30. The molecule has 140 valence electrons. The summed E-state index contributed by atoms with van der Waals surface area (Å²) in [6, 6.07) is 3.63. The van der Waals surface area contributed by atoms with Gasteiger partial charge in [0.05, 0.1) is 17.6 Å². The lowest BCUT2D eigenvalue weighted by Crippen LogP contribution is -2.34. The molecule has 0 radical (unpaired) electrons. The number of thiazole rings is 1. The number of nitrogens with zero attached hydrogens (tertiary/aromatic N) is 3. The van der Waals surface area contributed by atoms with Crippen LogP contribution < -0.4 is 5.32 Å². The van der Waals surface area contributed by atoms with Gasteiger partial charge < -0.3 is 9.30 Å². The van der Waals surface area contributed by atoms with Crippen LogP contribution in [0.2, 0.25) is 0 Å². The minimum atomic E-state index is -0.697. The predicted octanol–water partition coefficient (Wildman–Crippen LogP) is 3.33. The number of benzene rings is 1. The molecule has 1 aliphatic rings. The first-order valence-electron chi connectivity index (χ1n) is 8.40. The minimum Gasteiger partial charge on any atom is -0.368 e. The molecule has 3 heterocycles. The Balaban J connectivity index is 1.46. The summed E-state index contributed by atoms with van der Waals surface area (Å²) in [5.41, 5.74) is -0.0578. The molecule has 2 atom stereocenters. The number of carbonyl (C=O) groups is 1. The third-order valence-electron chi connectivity index (χ3n) is 4.43. The Morgan fingerprint density at radius 1 is 1.37 bits per heavy atom. The second-order valence-electron chi connectivity index (χ2n) is 6.22. The van der Waals surface area contributed by atoms with Crippen molar-refractivity contribution in [1.82, 2.24) is 14.5 Å². The van der Waals surface area contributed by atoms with E-state index in [4.69, 9.17) is 4.74 Å². The van der Waals surface area contributed by atoms with E-state index in [1.165, 1.54) is 23.6 Å². The fourth-order valence-electron chi connectivity index (χ4n) is 3.14. The molecular weight excluding hydrogens is 374 g/mol. The lowest BCUT2D eigenvalue weighted by atomic mass is 10.0. The summed E-state index contributed by atoms with van der Waals surface area (Å²) < 4.78 is 35.3. The highest BCUT2D eigenvalue weighted by Gasteiger charge is 2.34. The molecule has 4 rings (SSSR count). The van der Waals surface area contributed by atoms with E-state index in [2.05, 4.69) is 15.3 Å². The van der Waals surface area contributed by atoms with Crippen LogP contribution in [0.25, 0.3) is 11.3 Å². The van der Waals surface area contributed by atoms with Gasteiger partial charge in [-0.2, -0.15) is 0 Å². The average molecular weight is 390 g/mol. The Morgan fingerprint density at radius 2 is 2.19 bits per heavy atom. The summed E-state index contributed by atoms with van der Waals surface area (Å²) in [5, 5.41) is 4.48. The van der Waals surface area contributed by atoms with Crippen LogP contribution in [-0.4, -0.2) is 33.2 Å². The molecule has 0 bridgehead atoms. The number of hydrogen-bond donors (Lipinski definition) is 1. The summed E-state index contributed by atoms with van der Waals surface area (Å²) in [6.07, 6.45) is 5.38. The molecule has 27 heavy (non-hydrogen) atoms. The fourth-order valence-corrected chi connectivity index (χ4v) is 3.85. The van der Waals surface area contributed by atoms with Crippen molar-refractivity contribution in [3.63, 3.8) is 0 Å². The highest BCUT2D eigenvalue weighted by atomic mass is 32.1. The van der Waals surface area contributed by atoms with E-state index in [9.17, 15) is 13.6 Å². The maximum Gasteiger partial charge on any atom is 0.255 e. The van der Waals surface area contributed by atoms with E-state index in [1.54, 1.807) is 12.5 Å². The molecule has 0 unspecified atom stereocenters. The second-order valence-corrected chi connectivity index (χ2v) is 7.08. The number of amides is 1. The van der Waals surface area contributed by atoms with Gasteiger partial charge in [-0.25, -0.2) is 18.7 Å². The third-order valence-corrected chi connectivity index (χ3v) is 5.19. The van der Waals surface area contributed by atoms with Gasteiger partial charge in [0.25, 0.3) is 5.91 Å². The van der Waals surface area contributed by atoms with Crippen LogP contribution in [0.1, 0.15) is 6.42 Å². The van der Waals surface area contributed by atoms with Crippen molar-refractivity contribution >= 4 is 22.4 Å². The van der Waals surface area contributed by atoms with E-state index in [0.29, 0.717) is 13.2 Å². The first kappa shape index (κ1) is 17.7. The van der Waals surface area contributed by atoms with Crippen LogP contribution in [0.15, 0.2) is 42.3 Å². The van der Waals surface area contributed by atoms with Crippen LogP contribution in [0.3, 0.4) is 0 Å². The molecule has 1 aromatic carbocycles. The number of halogens is 2. The third kappa shape index (κ3) is 3.74. The Bertz CT molecular complexity index is 925.